The smallest absolute Gasteiger partial charge is 0.354 e. The molecule has 0 saturated heterocycles. The van der Waals surface area contributed by atoms with Gasteiger partial charge < -0.3 is 10.8 Å². The van der Waals surface area contributed by atoms with Crippen molar-refractivity contribution in [3.05, 3.63) is 41.5 Å². The summed E-state index contributed by atoms with van der Waals surface area (Å²) >= 11 is 0. The van der Waals surface area contributed by atoms with Gasteiger partial charge in [0.25, 0.3) is 5.78 Å². The summed E-state index contributed by atoms with van der Waals surface area (Å²) in [5, 5.41) is 13.3. The van der Waals surface area contributed by atoms with Crippen molar-refractivity contribution >= 4 is 17.4 Å². The zero-order valence-corrected chi connectivity index (χ0v) is 11.6. The Balaban J connectivity index is 2.22. The molecule has 0 aliphatic carbocycles. The number of hydrogen-bond donors (Lipinski definition) is 2. The minimum Gasteiger partial charge on any atom is -0.477 e. The Hall–Kier alpha value is -3.03. The summed E-state index contributed by atoms with van der Waals surface area (Å²) in [6.07, 6.45) is 0.534. The fourth-order valence-electron chi connectivity index (χ4n) is 2.12. The Morgan fingerprint density at radius 3 is 2.77 bits per heavy atom. The maximum Gasteiger partial charge on any atom is 0.354 e. The number of fused-ring (bicyclic) bond motifs is 1. The predicted molar refractivity (Wildman–Crippen MR) is 76.9 cm³/mol. The van der Waals surface area contributed by atoms with Crippen LogP contribution in [-0.2, 0) is 6.42 Å². The molecular weight excluding hydrogens is 289 g/mol. The van der Waals surface area contributed by atoms with Crippen molar-refractivity contribution in [3.8, 4) is 11.4 Å². The molecule has 0 spiro atoms. The number of nitrogen functional groups attached to an aromatic ring is 1. The topological polar surface area (TPSA) is 106 Å². The van der Waals surface area contributed by atoms with Crippen molar-refractivity contribution in [2.75, 3.05) is 5.73 Å². The van der Waals surface area contributed by atoms with Gasteiger partial charge in [-0.25, -0.2) is 18.7 Å². The first kappa shape index (κ1) is 13.9. The number of benzene rings is 1. The van der Waals surface area contributed by atoms with E-state index in [0.29, 0.717) is 17.8 Å². The molecule has 0 amide bonds. The third kappa shape index (κ3) is 2.24. The van der Waals surface area contributed by atoms with Crippen molar-refractivity contribution in [2.45, 2.75) is 13.3 Å². The number of aromatic nitrogens is 4. The van der Waals surface area contributed by atoms with Crippen molar-refractivity contribution in [2.24, 2.45) is 0 Å². The van der Waals surface area contributed by atoms with E-state index < -0.39 is 11.8 Å². The largest absolute Gasteiger partial charge is 0.477 e. The Morgan fingerprint density at radius 2 is 2.14 bits per heavy atom. The number of halogens is 1. The van der Waals surface area contributed by atoms with Gasteiger partial charge in [0.2, 0.25) is 0 Å². The van der Waals surface area contributed by atoms with Gasteiger partial charge in [-0.2, -0.15) is 4.98 Å². The number of hydrogen-bond acceptors (Lipinski definition) is 5. The summed E-state index contributed by atoms with van der Waals surface area (Å²) in [6.45, 7) is 1.85. The third-order valence-electron chi connectivity index (χ3n) is 3.20. The molecule has 112 valence electrons. The standard InChI is InChI=1S/C14H12FN5O2/c1-2-8-6-11(13(21)22)17-14-18-12(19-20(8)14)9-4-3-7(16)5-10(9)15/h3-6H,2,16H2,1H3,(H,21,22). The van der Waals surface area contributed by atoms with E-state index in [1.165, 1.54) is 22.7 Å². The number of carboxylic acid groups (broad SMARTS) is 1. The van der Waals surface area contributed by atoms with Crippen molar-refractivity contribution in [1.82, 2.24) is 19.6 Å². The highest BCUT2D eigenvalue weighted by atomic mass is 19.1. The summed E-state index contributed by atoms with van der Waals surface area (Å²) in [5.41, 5.74) is 6.49. The Labute approximate surface area is 124 Å². The number of rotatable bonds is 3. The molecule has 0 fully saturated rings. The van der Waals surface area contributed by atoms with E-state index in [-0.39, 0.29) is 22.9 Å². The second kappa shape index (κ2) is 5.06. The van der Waals surface area contributed by atoms with Gasteiger partial charge in [-0.05, 0) is 30.7 Å². The lowest BCUT2D eigenvalue weighted by atomic mass is 10.2. The van der Waals surface area contributed by atoms with E-state index in [1.54, 1.807) is 6.07 Å². The van der Waals surface area contributed by atoms with Gasteiger partial charge in [-0.1, -0.05) is 6.92 Å². The van der Waals surface area contributed by atoms with Crippen molar-refractivity contribution in [1.29, 1.82) is 0 Å². The summed E-state index contributed by atoms with van der Waals surface area (Å²) in [5.74, 6) is -1.46. The molecule has 0 radical (unpaired) electrons. The highest BCUT2D eigenvalue weighted by Crippen LogP contribution is 2.22. The molecular formula is C14H12FN5O2. The average molecular weight is 301 g/mol. The van der Waals surface area contributed by atoms with Gasteiger partial charge in [0, 0.05) is 11.4 Å². The molecule has 0 saturated carbocycles. The van der Waals surface area contributed by atoms with Crippen LogP contribution in [0.15, 0.2) is 24.3 Å². The second-order valence-electron chi connectivity index (χ2n) is 4.68. The number of carbonyl (C=O) groups is 1. The molecule has 7 nitrogen and oxygen atoms in total. The number of nitrogens with two attached hydrogens (primary N) is 1. The molecule has 0 unspecified atom stereocenters. The zero-order chi connectivity index (χ0) is 15.9. The molecule has 0 aliphatic heterocycles. The maximum atomic E-state index is 14.0. The molecule has 3 rings (SSSR count). The fourth-order valence-corrected chi connectivity index (χ4v) is 2.12. The molecule has 3 aromatic rings. The maximum absolute atomic E-state index is 14.0. The molecule has 22 heavy (non-hydrogen) atoms. The lowest BCUT2D eigenvalue weighted by molar-refractivity contribution is 0.0690. The Kier molecular flexibility index (Phi) is 3.21. The summed E-state index contributed by atoms with van der Waals surface area (Å²) in [6, 6.07) is 5.62. The molecule has 3 N–H and O–H groups in total. The van der Waals surface area contributed by atoms with Crippen LogP contribution in [-0.4, -0.2) is 30.7 Å². The first-order valence-electron chi connectivity index (χ1n) is 6.55. The van der Waals surface area contributed by atoms with E-state index in [1.807, 2.05) is 6.92 Å². The molecule has 2 heterocycles. The van der Waals surface area contributed by atoms with Crippen molar-refractivity contribution < 1.29 is 14.3 Å². The zero-order valence-electron chi connectivity index (χ0n) is 11.6. The number of aromatic carboxylic acids is 1. The molecule has 1 aromatic carbocycles. The average Bonchev–Trinajstić information content (AvgIpc) is 2.89. The number of nitrogens with zero attached hydrogens (tertiary/aromatic N) is 4. The quantitative estimate of drug-likeness (QED) is 0.714. The van der Waals surface area contributed by atoms with Gasteiger partial charge in [0.15, 0.2) is 11.5 Å². The van der Waals surface area contributed by atoms with Crippen LogP contribution in [0.5, 0.6) is 0 Å². The minimum atomic E-state index is -1.15. The van der Waals surface area contributed by atoms with Crippen LogP contribution in [0.4, 0.5) is 10.1 Å². The van der Waals surface area contributed by atoms with Crippen LogP contribution in [0.3, 0.4) is 0 Å². The summed E-state index contributed by atoms with van der Waals surface area (Å²) in [4.78, 5) is 19.1. The van der Waals surface area contributed by atoms with E-state index >= 15 is 0 Å². The van der Waals surface area contributed by atoms with Crippen molar-refractivity contribution in [3.63, 3.8) is 0 Å². The molecule has 8 heteroatoms. The molecule has 0 atom stereocenters. The van der Waals surface area contributed by atoms with E-state index in [4.69, 9.17) is 10.8 Å². The molecule has 2 aromatic heterocycles. The first-order valence-corrected chi connectivity index (χ1v) is 6.55. The molecule has 0 aliphatic rings. The SMILES string of the molecule is CCc1cc(C(=O)O)nc2nc(-c3ccc(N)cc3F)nn12. The van der Waals surface area contributed by atoms with Gasteiger partial charge in [-0.15, -0.1) is 5.10 Å². The fraction of sp³-hybridized carbons (Fsp3) is 0.143. The lowest BCUT2D eigenvalue weighted by Crippen LogP contribution is -2.07. The van der Waals surface area contributed by atoms with Gasteiger partial charge in [0.1, 0.15) is 5.82 Å². The van der Waals surface area contributed by atoms with Crippen LogP contribution in [0.25, 0.3) is 17.2 Å². The Bertz CT molecular complexity index is 890. The Morgan fingerprint density at radius 1 is 1.36 bits per heavy atom. The predicted octanol–water partition coefficient (Wildman–Crippen LogP) is 1.77. The third-order valence-corrected chi connectivity index (χ3v) is 3.20. The number of aryl methyl sites for hydroxylation is 1. The normalized spacial score (nSPS) is 11.0. The van der Waals surface area contributed by atoms with Gasteiger partial charge in [0.05, 0.1) is 5.56 Å². The van der Waals surface area contributed by atoms with Crippen LogP contribution in [0, 0.1) is 5.82 Å². The van der Waals surface area contributed by atoms with E-state index in [9.17, 15) is 9.18 Å². The van der Waals surface area contributed by atoms with Gasteiger partial charge in [-0.3, -0.25) is 0 Å². The second-order valence-corrected chi connectivity index (χ2v) is 4.68. The van der Waals surface area contributed by atoms with Crippen LogP contribution < -0.4 is 5.73 Å². The minimum absolute atomic E-state index is 0.114. The number of carboxylic acids is 1. The highest BCUT2D eigenvalue weighted by Gasteiger charge is 2.16. The summed E-state index contributed by atoms with van der Waals surface area (Å²) in [7, 11) is 0. The monoisotopic (exact) mass is 301 g/mol. The van der Waals surface area contributed by atoms with Crippen LogP contribution in [0.1, 0.15) is 23.1 Å². The summed E-state index contributed by atoms with van der Waals surface area (Å²) < 4.78 is 15.4. The molecule has 0 bridgehead atoms. The highest BCUT2D eigenvalue weighted by molar-refractivity contribution is 5.86. The van der Waals surface area contributed by atoms with E-state index in [0.717, 1.165) is 0 Å². The van der Waals surface area contributed by atoms with E-state index in [2.05, 4.69) is 15.1 Å². The van der Waals surface area contributed by atoms with Gasteiger partial charge >= 0.3 is 5.97 Å². The van der Waals surface area contributed by atoms with Crippen LogP contribution in [0.2, 0.25) is 0 Å². The lowest BCUT2D eigenvalue weighted by Gasteiger charge is -2.01. The first-order chi connectivity index (χ1) is 10.5. The van der Waals surface area contributed by atoms with Crippen LogP contribution >= 0.6 is 0 Å². The number of anilines is 1.